The summed E-state index contributed by atoms with van der Waals surface area (Å²) in [6.45, 7) is 2.73. The first-order valence-corrected chi connectivity index (χ1v) is 7.09. The van der Waals surface area contributed by atoms with Gasteiger partial charge in [0.25, 0.3) is 0 Å². The lowest BCUT2D eigenvalue weighted by atomic mass is 10.2. The van der Waals surface area contributed by atoms with E-state index in [1.165, 1.54) is 10.9 Å². The van der Waals surface area contributed by atoms with Crippen molar-refractivity contribution in [3.63, 3.8) is 0 Å². The van der Waals surface area contributed by atoms with Crippen molar-refractivity contribution in [2.45, 2.75) is 30.8 Å². The van der Waals surface area contributed by atoms with Gasteiger partial charge in [-0.15, -0.1) is 0 Å². The zero-order chi connectivity index (χ0) is 12.5. The van der Waals surface area contributed by atoms with Gasteiger partial charge in [-0.25, -0.2) is 13.1 Å². The molecule has 96 valence electrons. The van der Waals surface area contributed by atoms with Crippen molar-refractivity contribution in [2.75, 3.05) is 13.2 Å². The van der Waals surface area contributed by atoms with Gasteiger partial charge in [0, 0.05) is 26.4 Å². The minimum absolute atomic E-state index is 0.00162. The molecule has 0 radical (unpaired) electrons. The van der Waals surface area contributed by atoms with Crippen LogP contribution in [-0.4, -0.2) is 37.5 Å². The Bertz CT molecular complexity index is 489. The third-order valence-electron chi connectivity index (χ3n) is 2.78. The van der Waals surface area contributed by atoms with E-state index in [1.54, 1.807) is 14.0 Å². The molecular weight excluding hydrogens is 242 g/mol. The Kier molecular flexibility index (Phi) is 3.50. The van der Waals surface area contributed by atoms with Gasteiger partial charge in [0.1, 0.15) is 4.90 Å². The molecule has 0 amide bonds. The van der Waals surface area contributed by atoms with Crippen LogP contribution in [0.25, 0.3) is 0 Å². The second kappa shape index (κ2) is 4.75. The summed E-state index contributed by atoms with van der Waals surface area (Å²) in [6.07, 6.45) is 3.42. The van der Waals surface area contributed by atoms with Crippen LogP contribution in [0.5, 0.6) is 0 Å². The molecule has 2 rings (SSSR count). The Labute approximate surface area is 101 Å². The van der Waals surface area contributed by atoms with E-state index in [9.17, 15) is 8.42 Å². The van der Waals surface area contributed by atoms with Crippen molar-refractivity contribution < 1.29 is 13.2 Å². The van der Waals surface area contributed by atoms with Gasteiger partial charge in [0.15, 0.2) is 0 Å². The highest BCUT2D eigenvalue weighted by Gasteiger charge is 2.22. The SMILES string of the molecule is Cc1nn(C)cc1S(=O)(=O)NC[C@H]1CCCO1. The number of ether oxygens (including phenoxy) is 1. The highest BCUT2D eigenvalue weighted by molar-refractivity contribution is 7.89. The van der Waals surface area contributed by atoms with Gasteiger partial charge in [-0.05, 0) is 19.8 Å². The number of hydrogen-bond donors (Lipinski definition) is 1. The lowest BCUT2D eigenvalue weighted by Gasteiger charge is -2.10. The Hall–Kier alpha value is -0.920. The summed E-state index contributed by atoms with van der Waals surface area (Å²) in [7, 11) is -1.77. The van der Waals surface area contributed by atoms with Gasteiger partial charge in [-0.1, -0.05) is 0 Å². The van der Waals surface area contributed by atoms with Crippen LogP contribution in [0.1, 0.15) is 18.5 Å². The van der Waals surface area contributed by atoms with Crippen LogP contribution < -0.4 is 4.72 Å². The maximum atomic E-state index is 12.0. The lowest BCUT2D eigenvalue weighted by Crippen LogP contribution is -2.32. The first kappa shape index (κ1) is 12.5. The van der Waals surface area contributed by atoms with Crippen LogP contribution in [0.4, 0.5) is 0 Å². The normalized spacial score (nSPS) is 20.9. The Morgan fingerprint density at radius 1 is 1.65 bits per heavy atom. The minimum Gasteiger partial charge on any atom is -0.377 e. The van der Waals surface area contributed by atoms with Crippen molar-refractivity contribution in [3.05, 3.63) is 11.9 Å². The molecule has 0 spiro atoms. The number of aryl methyl sites for hydroxylation is 2. The molecule has 1 atom stereocenters. The molecule has 7 heteroatoms. The molecule has 1 N–H and O–H groups in total. The average Bonchev–Trinajstić information content (AvgIpc) is 2.85. The summed E-state index contributed by atoms with van der Waals surface area (Å²) in [4.78, 5) is 0.234. The van der Waals surface area contributed by atoms with Crippen LogP contribution in [0, 0.1) is 6.92 Å². The predicted octanol–water partition coefficient (Wildman–Crippen LogP) is 0.186. The number of aromatic nitrogens is 2. The smallest absolute Gasteiger partial charge is 0.244 e. The van der Waals surface area contributed by atoms with Crippen molar-refractivity contribution in [2.24, 2.45) is 7.05 Å². The zero-order valence-electron chi connectivity index (χ0n) is 10.0. The van der Waals surface area contributed by atoms with E-state index in [4.69, 9.17) is 4.74 Å². The number of nitrogens with zero attached hydrogens (tertiary/aromatic N) is 2. The topological polar surface area (TPSA) is 73.2 Å². The molecule has 0 saturated carbocycles. The Morgan fingerprint density at radius 2 is 2.41 bits per heavy atom. The highest BCUT2D eigenvalue weighted by Crippen LogP contribution is 2.14. The number of nitrogens with one attached hydrogen (secondary N) is 1. The fourth-order valence-electron chi connectivity index (χ4n) is 1.93. The second-order valence-corrected chi connectivity index (χ2v) is 5.97. The summed E-state index contributed by atoms with van der Waals surface area (Å²) < 4.78 is 33.4. The number of hydrogen-bond acceptors (Lipinski definition) is 4. The third-order valence-corrected chi connectivity index (χ3v) is 4.31. The summed E-state index contributed by atoms with van der Waals surface area (Å²) in [5, 5.41) is 4.02. The summed E-state index contributed by atoms with van der Waals surface area (Å²) >= 11 is 0. The molecule has 1 saturated heterocycles. The van der Waals surface area contributed by atoms with E-state index in [-0.39, 0.29) is 11.0 Å². The largest absolute Gasteiger partial charge is 0.377 e. The van der Waals surface area contributed by atoms with E-state index >= 15 is 0 Å². The molecule has 17 heavy (non-hydrogen) atoms. The fourth-order valence-corrected chi connectivity index (χ4v) is 3.21. The predicted molar refractivity (Wildman–Crippen MR) is 62.1 cm³/mol. The maximum Gasteiger partial charge on any atom is 0.244 e. The van der Waals surface area contributed by atoms with Gasteiger partial charge in [-0.2, -0.15) is 5.10 Å². The average molecular weight is 259 g/mol. The van der Waals surface area contributed by atoms with Gasteiger partial charge < -0.3 is 4.74 Å². The van der Waals surface area contributed by atoms with Crippen molar-refractivity contribution in [1.29, 1.82) is 0 Å². The molecule has 1 aromatic heterocycles. The zero-order valence-corrected chi connectivity index (χ0v) is 10.8. The van der Waals surface area contributed by atoms with Crippen LogP contribution >= 0.6 is 0 Å². The first-order valence-electron chi connectivity index (χ1n) is 5.60. The lowest BCUT2D eigenvalue weighted by molar-refractivity contribution is 0.114. The van der Waals surface area contributed by atoms with Crippen LogP contribution in [-0.2, 0) is 21.8 Å². The van der Waals surface area contributed by atoms with Crippen molar-refractivity contribution in [1.82, 2.24) is 14.5 Å². The van der Waals surface area contributed by atoms with E-state index in [2.05, 4.69) is 9.82 Å². The Balaban J connectivity index is 2.05. The number of rotatable bonds is 4. The maximum absolute atomic E-state index is 12.0. The molecular formula is C10H17N3O3S. The summed E-state index contributed by atoms with van der Waals surface area (Å²) in [6, 6.07) is 0. The molecule has 1 aliphatic heterocycles. The van der Waals surface area contributed by atoms with Crippen molar-refractivity contribution in [3.8, 4) is 0 Å². The summed E-state index contributed by atoms with van der Waals surface area (Å²) in [5.41, 5.74) is 0.507. The van der Waals surface area contributed by atoms with E-state index in [0.717, 1.165) is 19.4 Å². The Morgan fingerprint density at radius 3 is 2.94 bits per heavy atom. The van der Waals surface area contributed by atoms with Crippen LogP contribution in [0.15, 0.2) is 11.1 Å². The molecule has 0 unspecified atom stereocenters. The molecule has 0 bridgehead atoms. The number of sulfonamides is 1. The minimum atomic E-state index is -3.47. The third kappa shape index (κ3) is 2.85. The van der Waals surface area contributed by atoms with E-state index in [1.807, 2.05) is 0 Å². The van der Waals surface area contributed by atoms with Crippen molar-refractivity contribution >= 4 is 10.0 Å². The fraction of sp³-hybridized carbons (Fsp3) is 0.700. The van der Waals surface area contributed by atoms with E-state index in [0.29, 0.717) is 12.2 Å². The first-order chi connectivity index (χ1) is 7.99. The quantitative estimate of drug-likeness (QED) is 0.837. The monoisotopic (exact) mass is 259 g/mol. The van der Waals surface area contributed by atoms with Gasteiger partial charge in [0.2, 0.25) is 10.0 Å². The molecule has 1 fully saturated rings. The van der Waals surface area contributed by atoms with Gasteiger partial charge in [0.05, 0.1) is 11.8 Å². The van der Waals surface area contributed by atoms with Crippen LogP contribution in [0.2, 0.25) is 0 Å². The van der Waals surface area contributed by atoms with Gasteiger partial charge in [-0.3, -0.25) is 4.68 Å². The second-order valence-electron chi connectivity index (χ2n) is 4.24. The molecule has 0 aromatic carbocycles. The highest BCUT2D eigenvalue weighted by atomic mass is 32.2. The summed E-state index contributed by atoms with van der Waals surface area (Å²) in [5.74, 6) is 0. The molecule has 6 nitrogen and oxygen atoms in total. The molecule has 0 aliphatic carbocycles. The van der Waals surface area contributed by atoms with Crippen LogP contribution in [0.3, 0.4) is 0 Å². The molecule has 2 heterocycles. The molecule has 1 aromatic rings. The standard InChI is InChI=1S/C10H17N3O3S/c1-8-10(7-13(2)12-8)17(14,15)11-6-9-4-3-5-16-9/h7,9,11H,3-6H2,1-2H3/t9-/m1/s1. The molecule has 1 aliphatic rings. The van der Waals surface area contributed by atoms with Gasteiger partial charge >= 0.3 is 0 Å². The van der Waals surface area contributed by atoms with E-state index < -0.39 is 10.0 Å².